The molecule has 1 heterocycles. The van der Waals surface area contributed by atoms with Crippen molar-refractivity contribution in [2.24, 2.45) is 5.73 Å². The predicted octanol–water partition coefficient (Wildman–Crippen LogP) is 2.47. The number of rotatable bonds is 2. The van der Waals surface area contributed by atoms with Gasteiger partial charge in [-0.1, -0.05) is 12.1 Å². The summed E-state index contributed by atoms with van der Waals surface area (Å²) in [6.07, 6.45) is 1.87. The van der Waals surface area contributed by atoms with Gasteiger partial charge in [0.1, 0.15) is 5.82 Å². The number of nitrogens with one attached hydrogen (secondary N) is 1. The van der Waals surface area contributed by atoms with Gasteiger partial charge < -0.3 is 11.1 Å². The molecule has 3 heteroatoms. The number of anilines is 1. The lowest BCUT2D eigenvalue weighted by Crippen LogP contribution is -2.28. The zero-order chi connectivity index (χ0) is 11.8. The molecule has 0 aliphatic carbocycles. The quantitative estimate of drug-likeness (QED) is 0.809. The molecule has 16 heavy (non-hydrogen) atoms. The van der Waals surface area contributed by atoms with Gasteiger partial charge in [0.05, 0.1) is 0 Å². The summed E-state index contributed by atoms with van der Waals surface area (Å²) >= 11 is 0. The summed E-state index contributed by atoms with van der Waals surface area (Å²) in [4.78, 5) is 4.27. The third-order valence-corrected chi connectivity index (χ3v) is 2.72. The highest BCUT2D eigenvalue weighted by Crippen LogP contribution is 2.23. The summed E-state index contributed by atoms with van der Waals surface area (Å²) in [6.45, 7) is 4.02. The lowest BCUT2D eigenvalue weighted by atomic mass is 9.94. The van der Waals surface area contributed by atoms with Gasteiger partial charge in [-0.2, -0.15) is 0 Å². The summed E-state index contributed by atoms with van der Waals surface area (Å²) in [5.74, 6) is 0.875. The lowest BCUT2D eigenvalue weighted by molar-refractivity contribution is 0.555. The van der Waals surface area contributed by atoms with E-state index in [0.717, 1.165) is 22.2 Å². The van der Waals surface area contributed by atoms with Crippen LogP contribution in [0.3, 0.4) is 0 Å². The summed E-state index contributed by atoms with van der Waals surface area (Å²) in [6, 6.07) is 8.28. The number of fused-ring (bicyclic) bond motifs is 1. The molecule has 0 saturated heterocycles. The molecule has 0 aliphatic heterocycles. The second kappa shape index (κ2) is 3.76. The Morgan fingerprint density at radius 2 is 1.94 bits per heavy atom. The minimum absolute atomic E-state index is 0.308. The molecule has 1 aromatic carbocycles. The average Bonchev–Trinajstić information content (AvgIpc) is 2.26. The van der Waals surface area contributed by atoms with Crippen molar-refractivity contribution in [1.29, 1.82) is 0 Å². The fraction of sp³-hybridized carbons (Fsp3) is 0.308. The minimum atomic E-state index is -0.308. The molecule has 0 spiro atoms. The lowest BCUT2D eigenvalue weighted by Gasteiger charge is -2.19. The predicted molar refractivity (Wildman–Crippen MR) is 68.5 cm³/mol. The second-order valence-electron chi connectivity index (χ2n) is 4.60. The van der Waals surface area contributed by atoms with Gasteiger partial charge in [0.25, 0.3) is 0 Å². The van der Waals surface area contributed by atoms with Crippen LogP contribution in [0.15, 0.2) is 30.5 Å². The molecule has 2 rings (SSSR count). The Morgan fingerprint density at radius 1 is 1.19 bits per heavy atom. The van der Waals surface area contributed by atoms with E-state index in [1.165, 1.54) is 0 Å². The van der Waals surface area contributed by atoms with Crippen LogP contribution in [-0.2, 0) is 5.54 Å². The van der Waals surface area contributed by atoms with Crippen LogP contribution in [0.1, 0.15) is 19.4 Å². The van der Waals surface area contributed by atoms with E-state index in [9.17, 15) is 0 Å². The molecule has 3 N–H and O–H groups in total. The molecule has 84 valence electrons. The number of benzene rings is 1. The molecule has 0 radical (unpaired) electrons. The molecule has 2 aromatic rings. The standard InChI is InChI=1S/C13H17N3/c1-13(2,14)11-5-4-9-8-16-12(15-3)7-10(9)6-11/h4-8H,14H2,1-3H3,(H,15,16). The highest BCUT2D eigenvalue weighted by Gasteiger charge is 2.14. The van der Waals surface area contributed by atoms with E-state index in [-0.39, 0.29) is 5.54 Å². The van der Waals surface area contributed by atoms with Crippen molar-refractivity contribution in [3.63, 3.8) is 0 Å². The topological polar surface area (TPSA) is 50.9 Å². The summed E-state index contributed by atoms with van der Waals surface area (Å²) in [5.41, 5.74) is 6.91. The van der Waals surface area contributed by atoms with E-state index in [4.69, 9.17) is 5.73 Å². The van der Waals surface area contributed by atoms with Crippen LogP contribution in [0.25, 0.3) is 10.8 Å². The van der Waals surface area contributed by atoms with Crippen molar-refractivity contribution in [3.05, 3.63) is 36.0 Å². The Bertz CT molecular complexity index is 512. The fourth-order valence-electron chi connectivity index (χ4n) is 1.68. The molecule has 0 amide bonds. The molecule has 0 atom stereocenters. The number of pyridine rings is 1. The Kier molecular flexibility index (Phi) is 2.56. The molecular weight excluding hydrogens is 198 g/mol. The SMILES string of the molecule is CNc1cc2cc(C(C)(C)N)ccc2cn1. The number of hydrogen-bond acceptors (Lipinski definition) is 3. The van der Waals surface area contributed by atoms with Crippen LogP contribution >= 0.6 is 0 Å². The van der Waals surface area contributed by atoms with Crippen LogP contribution in [0.2, 0.25) is 0 Å². The first-order chi connectivity index (χ1) is 7.50. The molecule has 1 aromatic heterocycles. The Hall–Kier alpha value is -1.61. The molecule has 0 unspecified atom stereocenters. The summed E-state index contributed by atoms with van der Waals surface area (Å²) < 4.78 is 0. The van der Waals surface area contributed by atoms with Gasteiger partial charge >= 0.3 is 0 Å². The van der Waals surface area contributed by atoms with Crippen molar-refractivity contribution in [3.8, 4) is 0 Å². The Labute approximate surface area is 95.7 Å². The van der Waals surface area contributed by atoms with Crippen molar-refractivity contribution >= 4 is 16.6 Å². The van der Waals surface area contributed by atoms with Crippen LogP contribution in [0, 0.1) is 0 Å². The highest BCUT2D eigenvalue weighted by atomic mass is 14.9. The monoisotopic (exact) mass is 215 g/mol. The van der Waals surface area contributed by atoms with Gasteiger partial charge in [0, 0.05) is 24.2 Å². The van der Waals surface area contributed by atoms with Crippen LogP contribution in [0.5, 0.6) is 0 Å². The Balaban J connectivity index is 2.59. The van der Waals surface area contributed by atoms with Crippen molar-refractivity contribution < 1.29 is 0 Å². The maximum absolute atomic E-state index is 6.09. The van der Waals surface area contributed by atoms with Crippen LogP contribution in [0.4, 0.5) is 5.82 Å². The largest absolute Gasteiger partial charge is 0.373 e. The smallest absolute Gasteiger partial charge is 0.126 e. The molecule has 3 nitrogen and oxygen atoms in total. The summed E-state index contributed by atoms with van der Waals surface area (Å²) in [5, 5.41) is 5.33. The van der Waals surface area contributed by atoms with E-state index in [1.54, 1.807) is 0 Å². The van der Waals surface area contributed by atoms with Crippen molar-refractivity contribution in [1.82, 2.24) is 4.98 Å². The first-order valence-electron chi connectivity index (χ1n) is 5.37. The van der Waals surface area contributed by atoms with Gasteiger partial charge in [-0.25, -0.2) is 4.98 Å². The van der Waals surface area contributed by atoms with E-state index < -0.39 is 0 Å². The molecule has 0 saturated carbocycles. The van der Waals surface area contributed by atoms with Crippen molar-refractivity contribution in [2.75, 3.05) is 12.4 Å². The Morgan fingerprint density at radius 3 is 2.56 bits per heavy atom. The van der Waals surface area contributed by atoms with E-state index in [1.807, 2.05) is 33.2 Å². The number of nitrogens with two attached hydrogens (primary N) is 1. The van der Waals surface area contributed by atoms with Crippen LogP contribution < -0.4 is 11.1 Å². The number of hydrogen-bond donors (Lipinski definition) is 2. The first-order valence-corrected chi connectivity index (χ1v) is 5.37. The third-order valence-electron chi connectivity index (χ3n) is 2.72. The van der Waals surface area contributed by atoms with Gasteiger partial charge in [-0.15, -0.1) is 0 Å². The van der Waals surface area contributed by atoms with E-state index >= 15 is 0 Å². The fourth-order valence-corrected chi connectivity index (χ4v) is 1.68. The highest BCUT2D eigenvalue weighted by molar-refractivity contribution is 5.84. The van der Waals surface area contributed by atoms with Crippen LogP contribution in [-0.4, -0.2) is 12.0 Å². The van der Waals surface area contributed by atoms with Gasteiger partial charge in [0.15, 0.2) is 0 Å². The molecule has 0 bridgehead atoms. The first kappa shape index (κ1) is 10.9. The molecule has 0 fully saturated rings. The normalized spacial score (nSPS) is 11.8. The third kappa shape index (κ3) is 1.99. The average molecular weight is 215 g/mol. The van der Waals surface area contributed by atoms with Gasteiger partial charge in [0.2, 0.25) is 0 Å². The number of aromatic nitrogens is 1. The molecular formula is C13H17N3. The molecule has 0 aliphatic rings. The summed E-state index contributed by atoms with van der Waals surface area (Å²) in [7, 11) is 1.87. The maximum Gasteiger partial charge on any atom is 0.126 e. The van der Waals surface area contributed by atoms with Gasteiger partial charge in [-0.05, 0) is 36.9 Å². The zero-order valence-corrected chi connectivity index (χ0v) is 9.91. The number of nitrogens with zero attached hydrogens (tertiary/aromatic N) is 1. The minimum Gasteiger partial charge on any atom is -0.373 e. The van der Waals surface area contributed by atoms with E-state index in [2.05, 4.69) is 28.5 Å². The van der Waals surface area contributed by atoms with E-state index in [0.29, 0.717) is 0 Å². The second-order valence-corrected chi connectivity index (χ2v) is 4.60. The zero-order valence-electron chi connectivity index (χ0n) is 9.91. The van der Waals surface area contributed by atoms with Gasteiger partial charge in [-0.3, -0.25) is 0 Å². The van der Waals surface area contributed by atoms with Crippen molar-refractivity contribution in [2.45, 2.75) is 19.4 Å². The maximum atomic E-state index is 6.09.